The van der Waals surface area contributed by atoms with Crippen LogP contribution < -0.4 is 16.6 Å². The largest absolute Gasteiger partial charge is 0.331 e. The molecule has 0 aliphatic rings. The number of amides is 1. The predicted molar refractivity (Wildman–Crippen MR) is 67.8 cm³/mol. The number of hydrogen-bond donors (Lipinski definition) is 1. The Morgan fingerprint density at radius 1 is 1.37 bits per heavy atom. The zero-order chi connectivity index (χ0) is 14.0. The van der Waals surface area contributed by atoms with E-state index in [1.807, 2.05) is 0 Å². The van der Waals surface area contributed by atoms with E-state index in [0.717, 1.165) is 9.13 Å². The molecule has 0 saturated carbocycles. The van der Waals surface area contributed by atoms with Gasteiger partial charge in [0, 0.05) is 32.6 Å². The van der Waals surface area contributed by atoms with Crippen LogP contribution in [0.1, 0.15) is 0 Å². The van der Waals surface area contributed by atoms with Crippen LogP contribution in [0, 0.1) is 0 Å². The first-order valence-corrected chi connectivity index (χ1v) is 5.52. The molecular formula is C11H13N5O3. The average Bonchev–Trinajstić information content (AvgIpc) is 2.75. The maximum atomic E-state index is 11.7. The lowest BCUT2D eigenvalue weighted by atomic mass is 10.5. The lowest BCUT2D eigenvalue weighted by molar-refractivity contribution is -0.116. The summed E-state index contributed by atoms with van der Waals surface area (Å²) in [5, 5.41) is 6.51. The van der Waals surface area contributed by atoms with Crippen molar-refractivity contribution in [2.45, 2.75) is 6.54 Å². The summed E-state index contributed by atoms with van der Waals surface area (Å²) < 4.78 is 3.65. The topological polar surface area (TPSA) is 90.9 Å². The molecule has 0 spiro atoms. The molecule has 0 unspecified atom stereocenters. The van der Waals surface area contributed by atoms with Crippen LogP contribution >= 0.6 is 0 Å². The lowest BCUT2D eigenvalue weighted by Crippen LogP contribution is -2.38. The van der Waals surface area contributed by atoms with Gasteiger partial charge >= 0.3 is 5.69 Å². The van der Waals surface area contributed by atoms with Gasteiger partial charge in [0.2, 0.25) is 5.91 Å². The SMILES string of the molecule is Cn1cc(NC(=O)Cn2ccc(=O)n(C)c2=O)cn1. The predicted octanol–water partition coefficient (Wildman–Crippen LogP) is -1.08. The van der Waals surface area contributed by atoms with Crippen LogP contribution in [0.25, 0.3) is 0 Å². The van der Waals surface area contributed by atoms with Gasteiger partial charge in [-0.25, -0.2) is 4.79 Å². The number of carbonyl (C=O) groups excluding carboxylic acids is 1. The molecule has 2 heterocycles. The molecule has 1 amide bonds. The fourth-order valence-corrected chi connectivity index (χ4v) is 1.58. The Morgan fingerprint density at radius 2 is 2.11 bits per heavy atom. The number of aryl methyl sites for hydroxylation is 1. The van der Waals surface area contributed by atoms with Crippen molar-refractivity contribution in [3.05, 3.63) is 45.5 Å². The smallest absolute Gasteiger partial charge is 0.322 e. The van der Waals surface area contributed by atoms with Crippen LogP contribution in [0.3, 0.4) is 0 Å². The molecule has 1 N–H and O–H groups in total. The van der Waals surface area contributed by atoms with E-state index in [1.54, 1.807) is 17.9 Å². The Hall–Kier alpha value is -2.64. The zero-order valence-corrected chi connectivity index (χ0v) is 10.5. The molecule has 0 radical (unpaired) electrons. The molecule has 100 valence electrons. The number of anilines is 1. The molecule has 2 rings (SSSR count). The third kappa shape index (κ3) is 2.79. The molecule has 2 aromatic rings. The lowest BCUT2D eigenvalue weighted by Gasteiger charge is -2.06. The van der Waals surface area contributed by atoms with Gasteiger partial charge in [-0.3, -0.25) is 23.4 Å². The summed E-state index contributed by atoms with van der Waals surface area (Å²) in [5.41, 5.74) is -0.395. The number of carbonyl (C=O) groups is 1. The second kappa shape index (κ2) is 4.92. The minimum Gasteiger partial charge on any atom is -0.322 e. The second-order valence-corrected chi connectivity index (χ2v) is 4.07. The van der Waals surface area contributed by atoms with Gasteiger partial charge in [0.1, 0.15) is 6.54 Å². The summed E-state index contributed by atoms with van der Waals surface area (Å²) >= 11 is 0. The van der Waals surface area contributed by atoms with Gasteiger partial charge in [0.05, 0.1) is 11.9 Å². The van der Waals surface area contributed by atoms with E-state index in [-0.39, 0.29) is 12.5 Å². The van der Waals surface area contributed by atoms with Gasteiger partial charge in [-0.1, -0.05) is 0 Å². The number of hydrogen-bond acceptors (Lipinski definition) is 4. The minimum atomic E-state index is -0.533. The van der Waals surface area contributed by atoms with E-state index >= 15 is 0 Å². The highest BCUT2D eigenvalue weighted by atomic mass is 16.2. The number of nitrogens with zero attached hydrogens (tertiary/aromatic N) is 4. The van der Waals surface area contributed by atoms with Crippen LogP contribution in [0.2, 0.25) is 0 Å². The van der Waals surface area contributed by atoms with Gasteiger partial charge in [-0.05, 0) is 0 Å². The molecule has 8 nitrogen and oxygen atoms in total. The molecule has 0 atom stereocenters. The maximum Gasteiger partial charge on any atom is 0.331 e. The molecule has 19 heavy (non-hydrogen) atoms. The highest BCUT2D eigenvalue weighted by molar-refractivity contribution is 5.90. The van der Waals surface area contributed by atoms with Crippen molar-refractivity contribution in [2.75, 3.05) is 5.32 Å². The van der Waals surface area contributed by atoms with E-state index in [2.05, 4.69) is 10.4 Å². The van der Waals surface area contributed by atoms with Gasteiger partial charge in [0.25, 0.3) is 5.56 Å². The van der Waals surface area contributed by atoms with E-state index in [9.17, 15) is 14.4 Å². The van der Waals surface area contributed by atoms with Crippen LogP contribution in [0.15, 0.2) is 34.2 Å². The molecule has 2 aromatic heterocycles. The molecule has 0 aliphatic heterocycles. The Balaban J connectivity index is 2.14. The van der Waals surface area contributed by atoms with Crippen molar-refractivity contribution >= 4 is 11.6 Å². The molecule has 8 heteroatoms. The van der Waals surface area contributed by atoms with Crippen LogP contribution in [0.5, 0.6) is 0 Å². The highest BCUT2D eigenvalue weighted by Crippen LogP contribution is 2.02. The Morgan fingerprint density at radius 3 is 2.74 bits per heavy atom. The van der Waals surface area contributed by atoms with E-state index in [0.29, 0.717) is 5.69 Å². The Labute approximate surface area is 107 Å². The van der Waals surface area contributed by atoms with Gasteiger partial charge in [0.15, 0.2) is 0 Å². The minimum absolute atomic E-state index is 0.165. The fraction of sp³-hybridized carbons (Fsp3) is 0.273. The summed E-state index contributed by atoms with van der Waals surface area (Å²) in [5.74, 6) is -0.367. The summed E-state index contributed by atoms with van der Waals surface area (Å²) in [6.07, 6.45) is 4.44. The Bertz CT molecular complexity index is 724. The normalized spacial score (nSPS) is 10.4. The molecule has 0 saturated heterocycles. The molecule has 0 aromatic carbocycles. The molecule has 0 aliphatic carbocycles. The molecule has 0 fully saturated rings. The number of rotatable bonds is 3. The van der Waals surface area contributed by atoms with Crippen LogP contribution in [0.4, 0.5) is 5.69 Å². The molecular weight excluding hydrogens is 250 g/mol. The van der Waals surface area contributed by atoms with Crippen LogP contribution in [-0.4, -0.2) is 24.8 Å². The van der Waals surface area contributed by atoms with Crippen LogP contribution in [-0.2, 0) is 25.4 Å². The number of aromatic nitrogens is 4. The summed E-state index contributed by atoms with van der Waals surface area (Å²) in [7, 11) is 3.09. The summed E-state index contributed by atoms with van der Waals surface area (Å²) in [6, 6.07) is 1.23. The fourth-order valence-electron chi connectivity index (χ4n) is 1.58. The third-order valence-corrected chi connectivity index (χ3v) is 2.56. The van der Waals surface area contributed by atoms with Gasteiger partial charge in [-0.15, -0.1) is 0 Å². The van der Waals surface area contributed by atoms with Crippen molar-refractivity contribution in [3.63, 3.8) is 0 Å². The first-order chi connectivity index (χ1) is 8.97. The first kappa shape index (κ1) is 12.8. The van der Waals surface area contributed by atoms with Gasteiger partial charge < -0.3 is 5.32 Å². The monoisotopic (exact) mass is 263 g/mol. The van der Waals surface area contributed by atoms with E-state index < -0.39 is 11.2 Å². The first-order valence-electron chi connectivity index (χ1n) is 5.52. The summed E-state index contributed by atoms with van der Waals surface area (Å²) in [4.78, 5) is 34.7. The standard InChI is InChI=1S/C11H13N5O3/c1-14-6-8(5-12-14)13-9(17)7-16-4-3-10(18)15(2)11(16)19/h3-6H,7H2,1-2H3,(H,13,17). The average molecular weight is 263 g/mol. The third-order valence-electron chi connectivity index (χ3n) is 2.56. The van der Waals surface area contributed by atoms with Crippen molar-refractivity contribution in [1.82, 2.24) is 18.9 Å². The highest BCUT2D eigenvalue weighted by Gasteiger charge is 2.07. The van der Waals surface area contributed by atoms with Crippen molar-refractivity contribution < 1.29 is 4.79 Å². The quantitative estimate of drug-likeness (QED) is 0.762. The van der Waals surface area contributed by atoms with Gasteiger partial charge in [-0.2, -0.15) is 5.10 Å². The van der Waals surface area contributed by atoms with Crippen molar-refractivity contribution in [2.24, 2.45) is 14.1 Å². The zero-order valence-electron chi connectivity index (χ0n) is 10.5. The number of nitrogens with one attached hydrogen (secondary N) is 1. The maximum absolute atomic E-state index is 11.7. The Kier molecular flexibility index (Phi) is 3.32. The summed E-state index contributed by atoms with van der Waals surface area (Å²) in [6.45, 7) is -0.165. The van der Waals surface area contributed by atoms with E-state index in [1.165, 1.54) is 25.5 Å². The van der Waals surface area contributed by atoms with Crippen molar-refractivity contribution in [3.8, 4) is 0 Å². The van der Waals surface area contributed by atoms with Crippen molar-refractivity contribution in [1.29, 1.82) is 0 Å². The molecule has 0 bridgehead atoms. The van der Waals surface area contributed by atoms with E-state index in [4.69, 9.17) is 0 Å². The second-order valence-electron chi connectivity index (χ2n) is 4.07.